The smallest absolute Gasteiger partial charge is 0.381 e. The molecule has 73 valence electrons. The van der Waals surface area contributed by atoms with Gasteiger partial charge in [0.25, 0.3) is 0 Å². The molecule has 1 atom stereocenters. The molecule has 0 rings (SSSR count). The van der Waals surface area contributed by atoms with E-state index in [1.807, 2.05) is 0 Å². The van der Waals surface area contributed by atoms with Gasteiger partial charge in [0, 0.05) is 6.61 Å². The van der Waals surface area contributed by atoms with E-state index in [1.165, 1.54) is 0 Å². The Balaban J connectivity index is 3.38. The van der Waals surface area contributed by atoms with Crippen LogP contribution in [0, 0.1) is 12.8 Å². The fourth-order valence-electron chi connectivity index (χ4n) is 0.559. The van der Waals surface area contributed by atoms with Gasteiger partial charge in [-0.2, -0.15) is 13.2 Å². The average molecular weight is 183 g/mol. The summed E-state index contributed by atoms with van der Waals surface area (Å²) in [5.74, 6) is -1.37. The van der Waals surface area contributed by atoms with Crippen LogP contribution in [0.15, 0.2) is 0 Å². The second-order valence-electron chi connectivity index (χ2n) is 2.72. The van der Waals surface area contributed by atoms with Crippen molar-refractivity contribution in [1.82, 2.24) is 0 Å². The van der Waals surface area contributed by atoms with Gasteiger partial charge < -0.3 is 4.74 Å². The Kier molecular flexibility index (Phi) is 5.29. The molecular weight excluding hydrogens is 169 g/mol. The molecule has 0 aliphatic heterocycles. The summed E-state index contributed by atoms with van der Waals surface area (Å²) in [6, 6.07) is 0. The van der Waals surface area contributed by atoms with E-state index in [0.29, 0.717) is 19.4 Å². The van der Waals surface area contributed by atoms with Gasteiger partial charge in [-0.25, -0.2) is 0 Å². The number of unbranched alkanes of at least 4 members (excludes halogenated alkanes) is 1. The maximum Gasteiger partial charge on any atom is 0.393 e. The van der Waals surface area contributed by atoms with Crippen molar-refractivity contribution in [2.24, 2.45) is 5.92 Å². The number of hydrogen-bond acceptors (Lipinski definition) is 1. The maximum atomic E-state index is 11.9. The zero-order valence-electron chi connectivity index (χ0n) is 7.16. The van der Waals surface area contributed by atoms with E-state index >= 15 is 0 Å². The Labute approximate surface area is 70.9 Å². The lowest BCUT2D eigenvalue weighted by molar-refractivity contribution is -0.182. The average Bonchev–Trinajstić information content (AvgIpc) is 1.96. The molecule has 0 saturated heterocycles. The van der Waals surface area contributed by atoms with Crippen LogP contribution in [-0.4, -0.2) is 19.4 Å². The highest BCUT2D eigenvalue weighted by atomic mass is 19.4. The van der Waals surface area contributed by atoms with Crippen LogP contribution in [0.25, 0.3) is 0 Å². The number of hydrogen-bond donors (Lipinski definition) is 0. The lowest BCUT2D eigenvalue weighted by Gasteiger charge is -2.15. The zero-order chi connectivity index (χ0) is 9.61. The third-order valence-corrected chi connectivity index (χ3v) is 1.47. The molecule has 0 fully saturated rings. The highest BCUT2D eigenvalue weighted by Gasteiger charge is 2.35. The Morgan fingerprint density at radius 2 is 2.00 bits per heavy atom. The molecule has 0 amide bonds. The molecule has 1 unspecified atom stereocenters. The summed E-state index contributed by atoms with van der Waals surface area (Å²) in [6.07, 6.45) is -2.73. The van der Waals surface area contributed by atoms with Crippen LogP contribution in [0.2, 0.25) is 0 Å². The molecule has 4 heteroatoms. The van der Waals surface area contributed by atoms with Crippen LogP contribution in [0.5, 0.6) is 0 Å². The van der Waals surface area contributed by atoms with Crippen LogP contribution in [0.4, 0.5) is 13.2 Å². The van der Waals surface area contributed by atoms with Crippen molar-refractivity contribution >= 4 is 0 Å². The Hall–Kier alpha value is -0.250. The first-order chi connectivity index (χ1) is 5.48. The second-order valence-corrected chi connectivity index (χ2v) is 2.72. The highest BCUT2D eigenvalue weighted by molar-refractivity contribution is 4.60. The quantitative estimate of drug-likeness (QED) is 0.595. The molecule has 0 N–H and O–H groups in total. The van der Waals surface area contributed by atoms with Gasteiger partial charge >= 0.3 is 6.18 Å². The third kappa shape index (κ3) is 5.41. The second kappa shape index (κ2) is 5.41. The summed E-state index contributed by atoms with van der Waals surface area (Å²) < 4.78 is 40.4. The van der Waals surface area contributed by atoms with Crippen LogP contribution >= 0.6 is 0 Å². The van der Waals surface area contributed by atoms with E-state index in [2.05, 4.69) is 6.92 Å². The molecule has 12 heavy (non-hydrogen) atoms. The molecular formula is C8H14F3O. The Morgan fingerprint density at radius 3 is 2.42 bits per heavy atom. The van der Waals surface area contributed by atoms with Gasteiger partial charge in [0.1, 0.15) is 0 Å². The molecule has 1 nitrogen and oxygen atoms in total. The van der Waals surface area contributed by atoms with Gasteiger partial charge in [-0.1, -0.05) is 20.3 Å². The molecule has 0 heterocycles. The maximum absolute atomic E-state index is 11.9. The summed E-state index contributed by atoms with van der Waals surface area (Å²) in [4.78, 5) is 0. The molecule has 0 bridgehead atoms. The van der Waals surface area contributed by atoms with Crippen molar-refractivity contribution in [1.29, 1.82) is 0 Å². The van der Waals surface area contributed by atoms with Crippen molar-refractivity contribution in [3.63, 3.8) is 0 Å². The predicted octanol–water partition coefficient (Wildman–Crippen LogP) is 2.82. The molecule has 0 saturated carbocycles. The molecule has 1 radical (unpaired) electrons. The summed E-state index contributed by atoms with van der Waals surface area (Å²) in [7, 11) is 0. The third-order valence-electron chi connectivity index (χ3n) is 1.47. The van der Waals surface area contributed by atoms with Crippen LogP contribution in [-0.2, 0) is 4.74 Å². The molecule has 0 aromatic rings. The molecule has 0 aliphatic carbocycles. The van der Waals surface area contributed by atoms with Gasteiger partial charge in [0.15, 0.2) is 0 Å². The minimum Gasteiger partial charge on any atom is -0.381 e. The molecule has 0 aliphatic rings. The number of alkyl halides is 3. The first kappa shape index (κ1) is 11.8. The van der Waals surface area contributed by atoms with E-state index in [4.69, 9.17) is 4.74 Å². The molecule has 0 aromatic carbocycles. The summed E-state index contributed by atoms with van der Waals surface area (Å²) in [5.41, 5.74) is 0. The largest absolute Gasteiger partial charge is 0.393 e. The normalized spacial score (nSPS) is 14.8. The van der Waals surface area contributed by atoms with Gasteiger partial charge in [-0.3, -0.25) is 0 Å². The van der Waals surface area contributed by atoms with Gasteiger partial charge in [0.2, 0.25) is 0 Å². The number of ether oxygens (including phenoxy) is 1. The van der Waals surface area contributed by atoms with Crippen molar-refractivity contribution in [2.75, 3.05) is 13.2 Å². The highest BCUT2D eigenvalue weighted by Crippen LogP contribution is 2.25. The lowest BCUT2D eigenvalue weighted by Crippen LogP contribution is -2.24. The fraction of sp³-hybridized carbons (Fsp3) is 0.875. The summed E-state index contributed by atoms with van der Waals surface area (Å²) in [6.45, 7) is 4.78. The Bertz CT molecular complexity index is 111. The van der Waals surface area contributed by atoms with Crippen molar-refractivity contribution in [2.45, 2.75) is 25.9 Å². The lowest BCUT2D eigenvalue weighted by atomic mass is 10.2. The van der Waals surface area contributed by atoms with E-state index in [1.54, 1.807) is 0 Å². The van der Waals surface area contributed by atoms with Crippen molar-refractivity contribution in [3.8, 4) is 0 Å². The predicted molar refractivity (Wildman–Crippen MR) is 40.6 cm³/mol. The van der Waals surface area contributed by atoms with E-state index < -0.39 is 12.1 Å². The Morgan fingerprint density at radius 1 is 1.42 bits per heavy atom. The molecule has 0 aromatic heterocycles. The van der Waals surface area contributed by atoms with E-state index in [9.17, 15) is 13.2 Å². The van der Waals surface area contributed by atoms with Gasteiger partial charge in [0.05, 0.1) is 12.5 Å². The molecule has 0 spiro atoms. The standard InChI is InChI=1S/C8H14F3O/c1-3-4-5-12-6-7(2)8(9,10)11/h7H,1,3-6H2,2H3. The minimum atomic E-state index is -4.13. The van der Waals surface area contributed by atoms with Crippen molar-refractivity contribution in [3.05, 3.63) is 6.92 Å². The number of rotatable bonds is 5. The van der Waals surface area contributed by atoms with Crippen LogP contribution < -0.4 is 0 Å². The zero-order valence-corrected chi connectivity index (χ0v) is 7.16. The van der Waals surface area contributed by atoms with E-state index in [-0.39, 0.29) is 6.61 Å². The van der Waals surface area contributed by atoms with Crippen LogP contribution in [0.1, 0.15) is 19.8 Å². The monoisotopic (exact) mass is 183 g/mol. The first-order valence-corrected chi connectivity index (χ1v) is 3.92. The summed E-state index contributed by atoms with van der Waals surface area (Å²) in [5, 5.41) is 0. The van der Waals surface area contributed by atoms with Gasteiger partial charge in [-0.05, 0) is 6.42 Å². The minimum absolute atomic E-state index is 0.247. The SMILES string of the molecule is [CH2]CCCOCC(C)C(F)(F)F. The number of halogens is 3. The van der Waals surface area contributed by atoms with Gasteiger partial charge in [-0.15, -0.1) is 0 Å². The van der Waals surface area contributed by atoms with Crippen molar-refractivity contribution < 1.29 is 17.9 Å². The fourth-order valence-corrected chi connectivity index (χ4v) is 0.559. The van der Waals surface area contributed by atoms with Crippen LogP contribution in [0.3, 0.4) is 0 Å². The summed E-state index contributed by atoms with van der Waals surface area (Å²) >= 11 is 0. The topological polar surface area (TPSA) is 9.23 Å². The first-order valence-electron chi connectivity index (χ1n) is 3.92. The van der Waals surface area contributed by atoms with E-state index in [0.717, 1.165) is 6.92 Å².